The van der Waals surface area contributed by atoms with Crippen molar-refractivity contribution in [1.82, 2.24) is 9.55 Å². The average molecular weight is 386 g/mol. The average Bonchev–Trinajstić information content (AvgIpc) is 3.04. The van der Waals surface area contributed by atoms with Gasteiger partial charge in [0, 0.05) is 24.2 Å². The fraction of sp³-hybridized carbons (Fsp3) is 0.200. The summed E-state index contributed by atoms with van der Waals surface area (Å²) in [5.74, 6) is -1.30. The number of ketones is 1. The summed E-state index contributed by atoms with van der Waals surface area (Å²) >= 11 is 0. The number of aliphatic hydroxyl groups excluding tert-OH is 1. The number of aromatic hydroxyl groups is 3. The topological polar surface area (TPSA) is 116 Å². The van der Waals surface area contributed by atoms with Gasteiger partial charge in [0.15, 0.2) is 17.3 Å². The Hall–Kier alpha value is -3.39. The molecule has 0 saturated heterocycles. The first kappa shape index (κ1) is 19.4. The van der Waals surface area contributed by atoms with Gasteiger partial charge in [-0.3, -0.25) is 4.79 Å². The number of aromatic nitrogens is 2. The van der Waals surface area contributed by atoms with Gasteiger partial charge in [-0.15, -0.1) is 0 Å². The van der Waals surface area contributed by atoms with Crippen LogP contribution in [-0.2, 0) is 24.4 Å². The molecule has 0 atom stereocenters. The van der Waals surface area contributed by atoms with Crippen LogP contribution in [0.15, 0.2) is 42.6 Å². The Labute approximate surface area is 160 Å². The van der Waals surface area contributed by atoms with Crippen molar-refractivity contribution in [2.75, 3.05) is 0 Å². The molecule has 1 aromatic heterocycles. The molecule has 146 valence electrons. The molecule has 28 heavy (non-hydrogen) atoms. The van der Waals surface area contributed by atoms with Crippen LogP contribution in [0.25, 0.3) is 11.3 Å². The van der Waals surface area contributed by atoms with E-state index in [1.807, 2.05) is 0 Å². The standard InChI is InChI=1S/C20H19FN2O5/c21-17-7-13(2-4-19(17)28)18-10-23(20(11-24)22-18)9-14(25)3-1-12-5-15(26)8-16(27)6-12/h2,4-8,10,24,26-28H,1,3,9,11H2. The Morgan fingerprint density at radius 2 is 1.79 bits per heavy atom. The van der Waals surface area contributed by atoms with Crippen molar-refractivity contribution in [2.24, 2.45) is 0 Å². The molecule has 1 heterocycles. The molecular formula is C20H19FN2O5. The van der Waals surface area contributed by atoms with E-state index in [0.29, 0.717) is 23.2 Å². The van der Waals surface area contributed by atoms with Crippen LogP contribution < -0.4 is 0 Å². The van der Waals surface area contributed by atoms with Gasteiger partial charge in [0.1, 0.15) is 23.9 Å². The first-order chi connectivity index (χ1) is 13.4. The molecule has 0 saturated carbocycles. The van der Waals surface area contributed by atoms with Crippen LogP contribution in [0.4, 0.5) is 4.39 Å². The molecule has 8 heteroatoms. The smallest absolute Gasteiger partial charge is 0.165 e. The third-order valence-corrected chi connectivity index (χ3v) is 4.25. The van der Waals surface area contributed by atoms with Crippen molar-refractivity contribution >= 4 is 5.78 Å². The number of halogens is 1. The van der Waals surface area contributed by atoms with Gasteiger partial charge in [0.2, 0.25) is 0 Å². The number of phenolic OH excluding ortho intramolecular Hbond substituents is 3. The third kappa shape index (κ3) is 4.47. The van der Waals surface area contributed by atoms with Crippen LogP contribution in [0, 0.1) is 5.82 Å². The Balaban J connectivity index is 1.71. The predicted octanol–water partition coefficient (Wildman–Crippen LogP) is 2.50. The van der Waals surface area contributed by atoms with Gasteiger partial charge in [0.25, 0.3) is 0 Å². The van der Waals surface area contributed by atoms with E-state index in [1.165, 1.54) is 41.1 Å². The lowest BCUT2D eigenvalue weighted by Crippen LogP contribution is -2.13. The molecule has 7 nitrogen and oxygen atoms in total. The van der Waals surface area contributed by atoms with Gasteiger partial charge in [-0.1, -0.05) is 0 Å². The third-order valence-electron chi connectivity index (χ3n) is 4.25. The Morgan fingerprint density at radius 3 is 2.43 bits per heavy atom. The fourth-order valence-electron chi connectivity index (χ4n) is 2.88. The lowest BCUT2D eigenvalue weighted by Gasteiger charge is -2.06. The highest BCUT2D eigenvalue weighted by Gasteiger charge is 2.14. The highest BCUT2D eigenvalue weighted by Crippen LogP contribution is 2.25. The summed E-state index contributed by atoms with van der Waals surface area (Å²) in [5, 5.41) is 37.7. The number of nitrogens with zero attached hydrogens (tertiary/aromatic N) is 2. The summed E-state index contributed by atoms with van der Waals surface area (Å²) in [7, 11) is 0. The molecule has 3 aromatic rings. The maximum absolute atomic E-state index is 13.6. The molecule has 0 unspecified atom stereocenters. The number of Topliss-reactive ketones (excluding diaryl/α,β-unsaturated/α-hetero) is 1. The van der Waals surface area contributed by atoms with E-state index in [2.05, 4.69) is 4.98 Å². The summed E-state index contributed by atoms with van der Waals surface area (Å²) in [6.07, 6.45) is 2.03. The summed E-state index contributed by atoms with van der Waals surface area (Å²) in [4.78, 5) is 16.5. The van der Waals surface area contributed by atoms with Crippen molar-refractivity contribution in [1.29, 1.82) is 0 Å². The SMILES string of the molecule is O=C(CCc1cc(O)cc(O)c1)Cn1cc(-c2ccc(O)c(F)c2)nc1CO. The number of benzene rings is 2. The lowest BCUT2D eigenvalue weighted by atomic mass is 10.1. The number of imidazole rings is 1. The minimum atomic E-state index is -0.789. The van der Waals surface area contributed by atoms with E-state index in [0.717, 1.165) is 6.07 Å². The van der Waals surface area contributed by atoms with Crippen molar-refractivity contribution in [3.05, 3.63) is 59.8 Å². The van der Waals surface area contributed by atoms with Gasteiger partial charge in [-0.05, 0) is 42.3 Å². The summed E-state index contributed by atoms with van der Waals surface area (Å²) in [5.41, 5.74) is 1.40. The first-order valence-electron chi connectivity index (χ1n) is 8.55. The largest absolute Gasteiger partial charge is 0.508 e. The normalized spacial score (nSPS) is 10.9. The minimum Gasteiger partial charge on any atom is -0.508 e. The van der Waals surface area contributed by atoms with Gasteiger partial charge >= 0.3 is 0 Å². The second kappa shape index (κ2) is 8.10. The molecule has 0 aliphatic carbocycles. The van der Waals surface area contributed by atoms with Crippen molar-refractivity contribution in [2.45, 2.75) is 26.0 Å². The van der Waals surface area contributed by atoms with E-state index in [4.69, 9.17) is 0 Å². The van der Waals surface area contributed by atoms with Crippen LogP contribution in [0.2, 0.25) is 0 Å². The van der Waals surface area contributed by atoms with E-state index < -0.39 is 18.2 Å². The van der Waals surface area contributed by atoms with Crippen LogP contribution in [0.3, 0.4) is 0 Å². The van der Waals surface area contributed by atoms with E-state index in [9.17, 15) is 29.6 Å². The van der Waals surface area contributed by atoms with Crippen LogP contribution >= 0.6 is 0 Å². The minimum absolute atomic E-state index is 0.0335. The van der Waals surface area contributed by atoms with E-state index >= 15 is 0 Å². The zero-order valence-corrected chi connectivity index (χ0v) is 14.8. The molecule has 0 aliphatic rings. The number of aliphatic hydroxyl groups is 1. The molecule has 0 fully saturated rings. The summed E-state index contributed by atoms with van der Waals surface area (Å²) in [6, 6.07) is 7.97. The van der Waals surface area contributed by atoms with Crippen molar-refractivity contribution < 1.29 is 29.6 Å². The second-order valence-corrected chi connectivity index (χ2v) is 6.39. The summed E-state index contributed by atoms with van der Waals surface area (Å²) in [6.45, 7) is -0.428. The number of hydrogen-bond acceptors (Lipinski definition) is 6. The molecule has 0 amide bonds. The number of carbonyl (C=O) groups excluding carboxylic acids is 1. The molecular weight excluding hydrogens is 367 g/mol. The van der Waals surface area contributed by atoms with Crippen molar-refractivity contribution in [3.8, 4) is 28.5 Å². The van der Waals surface area contributed by atoms with E-state index in [1.54, 1.807) is 0 Å². The highest BCUT2D eigenvalue weighted by atomic mass is 19.1. The maximum Gasteiger partial charge on any atom is 0.165 e. The number of phenols is 3. The first-order valence-corrected chi connectivity index (χ1v) is 8.55. The summed E-state index contributed by atoms with van der Waals surface area (Å²) < 4.78 is 15.0. The molecule has 0 aliphatic heterocycles. The zero-order chi connectivity index (χ0) is 20.3. The molecule has 4 N–H and O–H groups in total. The molecule has 0 bridgehead atoms. The zero-order valence-electron chi connectivity index (χ0n) is 14.8. The molecule has 0 radical (unpaired) electrons. The number of hydrogen-bond donors (Lipinski definition) is 4. The number of rotatable bonds is 7. The van der Waals surface area contributed by atoms with Gasteiger partial charge in [-0.25, -0.2) is 9.37 Å². The van der Waals surface area contributed by atoms with E-state index in [-0.39, 0.29) is 36.1 Å². The monoisotopic (exact) mass is 386 g/mol. The second-order valence-electron chi connectivity index (χ2n) is 6.39. The maximum atomic E-state index is 13.6. The lowest BCUT2D eigenvalue weighted by molar-refractivity contribution is -0.119. The Bertz CT molecular complexity index is 996. The van der Waals surface area contributed by atoms with Gasteiger partial charge < -0.3 is 25.0 Å². The van der Waals surface area contributed by atoms with Gasteiger partial charge in [-0.2, -0.15) is 0 Å². The number of carbonyl (C=O) groups is 1. The van der Waals surface area contributed by atoms with Gasteiger partial charge in [0.05, 0.1) is 12.2 Å². The Morgan fingerprint density at radius 1 is 1.07 bits per heavy atom. The van der Waals surface area contributed by atoms with Crippen LogP contribution in [-0.4, -0.2) is 35.8 Å². The number of aryl methyl sites for hydroxylation is 1. The van der Waals surface area contributed by atoms with Crippen LogP contribution in [0.5, 0.6) is 17.2 Å². The molecule has 3 rings (SSSR count). The fourth-order valence-corrected chi connectivity index (χ4v) is 2.88. The van der Waals surface area contributed by atoms with Crippen molar-refractivity contribution in [3.63, 3.8) is 0 Å². The Kier molecular flexibility index (Phi) is 5.60. The van der Waals surface area contributed by atoms with Crippen LogP contribution in [0.1, 0.15) is 17.8 Å². The highest BCUT2D eigenvalue weighted by molar-refractivity contribution is 5.78. The molecule has 0 spiro atoms. The quantitative estimate of drug-likeness (QED) is 0.496. The molecule has 2 aromatic carbocycles. The predicted molar refractivity (Wildman–Crippen MR) is 98.3 cm³/mol.